The zero-order valence-electron chi connectivity index (χ0n) is 20.9. The summed E-state index contributed by atoms with van der Waals surface area (Å²) in [6.45, 7) is 7.46. The van der Waals surface area contributed by atoms with E-state index < -0.39 is 30.4 Å². The molecule has 7 nitrogen and oxygen atoms in total. The minimum atomic E-state index is -4.24. The number of benzene rings is 1. The van der Waals surface area contributed by atoms with Gasteiger partial charge in [-0.25, -0.2) is 4.79 Å². The van der Waals surface area contributed by atoms with Crippen molar-refractivity contribution in [3.8, 4) is 5.69 Å². The van der Waals surface area contributed by atoms with Gasteiger partial charge in [-0.3, -0.25) is 9.47 Å². The summed E-state index contributed by atoms with van der Waals surface area (Å²) in [5, 5.41) is 9.48. The van der Waals surface area contributed by atoms with Crippen molar-refractivity contribution < 1.29 is 27.4 Å². The van der Waals surface area contributed by atoms with Gasteiger partial charge in [-0.1, -0.05) is 11.6 Å². The number of rotatable bonds is 4. The fourth-order valence-corrected chi connectivity index (χ4v) is 5.10. The summed E-state index contributed by atoms with van der Waals surface area (Å²) in [6.07, 6.45) is -3.97. The number of hydrogen-bond acceptors (Lipinski definition) is 5. The largest absolute Gasteiger partial charge is 0.444 e. The SMILES string of the molecule is CC(CC(F)(F)F)OC1CCC(c2nnc3n2-c2ccc(Cl)cc2CN(C(=O)OC(C)(C)C)C3)CC1. The summed E-state index contributed by atoms with van der Waals surface area (Å²) >= 11 is 6.29. The molecule has 2 aliphatic rings. The van der Waals surface area contributed by atoms with Crippen LogP contribution in [-0.2, 0) is 22.6 Å². The predicted molar refractivity (Wildman–Crippen MR) is 128 cm³/mol. The lowest BCUT2D eigenvalue weighted by Crippen LogP contribution is -2.35. The van der Waals surface area contributed by atoms with E-state index in [9.17, 15) is 18.0 Å². The third kappa shape index (κ3) is 6.51. The lowest BCUT2D eigenvalue weighted by atomic mass is 9.86. The Bertz CT molecular complexity index is 1090. The number of hydrogen-bond donors (Lipinski definition) is 0. The first-order chi connectivity index (χ1) is 16.8. The summed E-state index contributed by atoms with van der Waals surface area (Å²) in [7, 11) is 0. The first-order valence-corrected chi connectivity index (χ1v) is 12.6. The maximum atomic E-state index is 12.9. The van der Waals surface area contributed by atoms with Crippen LogP contribution in [0.25, 0.3) is 5.69 Å². The van der Waals surface area contributed by atoms with Gasteiger partial charge in [0.25, 0.3) is 0 Å². The minimum Gasteiger partial charge on any atom is -0.444 e. The Morgan fingerprint density at radius 1 is 1.14 bits per heavy atom. The summed E-state index contributed by atoms with van der Waals surface area (Å²) in [5.41, 5.74) is 1.07. The summed E-state index contributed by atoms with van der Waals surface area (Å²) in [5.74, 6) is 1.47. The molecule has 0 saturated heterocycles. The van der Waals surface area contributed by atoms with Crippen LogP contribution in [0.5, 0.6) is 0 Å². The second-order valence-corrected chi connectivity index (χ2v) is 11.1. The van der Waals surface area contributed by atoms with Crippen molar-refractivity contribution in [2.75, 3.05) is 0 Å². The number of aromatic nitrogens is 3. The Labute approximate surface area is 213 Å². The molecule has 0 spiro atoms. The molecule has 0 radical (unpaired) electrons. The highest BCUT2D eigenvalue weighted by Gasteiger charge is 2.35. The first-order valence-electron chi connectivity index (χ1n) is 12.2. The number of carbonyl (C=O) groups excluding carboxylic acids is 1. The van der Waals surface area contributed by atoms with E-state index in [1.807, 2.05) is 37.5 Å². The Balaban J connectivity index is 1.54. The van der Waals surface area contributed by atoms with Gasteiger partial charge in [-0.05, 0) is 77.1 Å². The molecular weight excluding hydrogens is 497 g/mol. The van der Waals surface area contributed by atoms with Crippen molar-refractivity contribution in [2.45, 2.75) is 103 Å². The third-order valence-corrected chi connectivity index (χ3v) is 6.60. The normalized spacial score (nSPS) is 21.4. The lowest BCUT2D eigenvalue weighted by molar-refractivity contribution is -0.166. The van der Waals surface area contributed by atoms with Crippen LogP contribution in [0, 0.1) is 0 Å². The highest BCUT2D eigenvalue weighted by Crippen LogP contribution is 2.37. The minimum absolute atomic E-state index is 0.0700. The average molecular weight is 529 g/mol. The Kier molecular flexibility index (Phi) is 7.57. The van der Waals surface area contributed by atoms with Gasteiger partial charge in [0.05, 0.1) is 37.4 Å². The molecule has 1 amide bonds. The van der Waals surface area contributed by atoms with Crippen molar-refractivity contribution in [3.05, 3.63) is 40.4 Å². The molecule has 1 saturated carbocycles. The molecule has 1 atom stereocenters. The van der Waals surface area contributed by atoms with Crippen molar-refractivity contribution in [2.24, 2.45) is 0 Å². The van der Waals surface area contributed by atoms with Gasteiger partial charge in [0.1, 0.15) is 11.4 Å². The van der Waals surface area contributed by atoms with Gasteiger partial charge in [0.15, 0.2) is 5.82 Å². The van der Waals surface area contributed by atoms with E-state index in [0.29, 0.717) is 30.2 Å². The molecule has 1 aliphatic carbocycles. The zero-order valence-corrected chi connectivity index (χ0v) is 21.7. The van der Waals surface area contributed by atoms with Crippen LogP contribution in [0.2, 0.25) is 5.02 Å². The summed E-state index contributed by atoms with van der Waals surface area (Å²) in [6, 6.07) is 5.53. The highest BCUT2D eigenvalue weighted by atomic mass is 35.5. The van der Waals surface area contributed by atoms with Crippen LogP contribution in [0.1, 0.15) is 82.9 Å². The van der Waals surface area contributed by atoms with Crippen molar-refractivity contribution in [1.29, 1.82) is 0 Å². The van der Waals surface area contributed by atoms with Crippen LogP contribution < -0.4 is 0 Å². The van der Waals surface area contributed by atoms with Crippen LogP contribution in [-0.4, -0.2) is 49.7 Å². The Morgan fingerprint density at radius 3 is 2.47 bits per heavy atom. The molecule has 0 bridgehead atoms. The number of carbonyl (C=O) groups is 1. The van der Waals surface area contributed by atoms with Crippen LogP contribution in [0.15, 0.2) is 18.2 Å². The second-order valence-electron chi connectivity index (χ2n) is 10.7. The van der Waals surface area contributed by atoms with Gasteiger partial charge < -0.3 is 9.47 Å². The maximum Gasteiger partial charge on any atom is 0.411 e. The molecule has 1 aromatic carbocycles. The van der Waals surface area contributed by atoms with Crippen LogP contribution in [0.3, 0.4) is 0 Å². The molecule has 4 rings (SSSR count). The Hall–Kier alpha value is -2.33. The molecule has 2 aromatic rings. The fourth-order valence-electron chi connectivity index (χ4n) is 4.91. The molecule has 0 N–H and O–H groups in total. The molecule has 1 unspecified atom stereocenters. The predicted octanol–water partition coefficient (Wildman–Crippen LogP) is 6.56. The number of alkyl halides is 3. The maximum absolute atomic E-state index is 12.9. The smallest absolute Gasteiger partial charge is 0.411 e. The van der Waals surface area contributed by atoms with Crippen molar-refractivity contribution in [1.82, 2.24) is 19.7 Å². The van der Waals surface area contributed by atoms with Crippen LogP contribution in [0.4, 0.5) is 18.0 Å². The van der Waals surface area contributed by atoms with E-state index in [-0.39, 0.29) is 18.6 Å². The van der Waals surface area contributed by atoms with Gasteiger partial charge >= 0.3 is 12.3 Å². The molecule has 2 heterocycles. The first kappa shape index (κ1) is 26.7. The van der Waals surface area contributed by atoms with E-state index in [0.717, 1.165) is 29.9 Å². The summed E-state index contributed by atoms with van der Waals surface area (Å²) < 4.78 is 51.3. The number of amides is 1. The van der Waals surface area contributed by atoms with Crippen molar-refractivity contribution in [3.63, 3.8) is 0 Å². The van der Waals surface area contributed by atoms with Crippen LogP contribution >= 0.6 is 11.6 Å². The molecule has 1 aromatic heterocycles. The summed E-state index contributed by atoms with van der Waals surface area (Å²) in [4.78, 5) is 14.5. The monoisotopic (exact) mass is 528 g/mol. The molecule has 11 heteroatoms. The van der Waals surface area contributed by atoms with Crippen molar-refractivity contribution >= 4 is 17.7 Å². The molecule has 1 aliphatic heterocycles. The van der Waals surface area contributed by atoms with E-state index in [4.69, 9.17) is 21.1 Å². The lowest BCUT2D eigenvalue weighted by Gasteiger charge is -2.30. The number of fused-ring (bicyclic) bond motifs is 3. The van der Waals surface area contributed by atoms with E-state index >= 15 is 0 Å². The van der Waals surface area contributed by atoms with E-state index in [2.05, 4.69) is 10.2 Å². The highest BCUT2D eigenvalue weighted by molar-refractivity contribution is 6.30. The second kappa shape index (κ2) is 10.2. The molecule has 1 fully saturated rings. The van der Waals surface area contributed by atoms with E-state index in [1.165, 1.54) is 6.92 Å². The van der Waals surface area contributed by atoms with Gasteiger partial charge in [0, 0.05) is 10.9 Å². The third-order valence-electron chi connectivity index (χ3n) is 6.37. The quantitative estimate of drug-likeness (QED) is 0.450. The molecule has 198 valence electrons. The van der Waals surface area contributed by atoms with Gasteiger partial charge in [0.2, 0.25) is 0 Å². The number of ether oxygens (including phenoxy) is 2. The molecule has 36 heavy (non-hydrogen) atoms. The Morgan fingerprint density at radius 2 is 1.83 bits per heavy atom. The van der Waals surface area contributed by atoms with Gasteiger partial charge in [-0.15, -0.1) is 10.2 Å². The standard InChI is InChI=1S/C25H32ClF3N4O3/c1-15(12-25(27,28)29)35-19-8-5-16(6-9-19)22-31-30-21-14-32(23(34)36-24(2,3)4)13-17-11-18(26)7-10-20(17)33(21)22/h7,10-11,15-16,19H,5-6,8-9,12-14H2,1-4H3. The molecular formula is C25H32ClF3N4O3. The number of nitrogens with zero attached hydrogens (tertiary/aromatic N) is 4. The van der Waals surface area contributed by atoms with Gasteiger partial charge in [-0.2, -0.15) is 13.2 Å². The fraction of sp³-hybridized carbons (Fsp3) is 0.640. The topological polar surface area (TPSA) is 69.5 Å². The average Bonchev–Trinajstić information content (AvgIpc) is 3.07. The number of halogens is 4. The zero-order chi connectivity index (χ0) is 26.3. The van der Waals surface area contributed by atoms with E-state index in [1.54, 1.807) is 11.0 Å².